The van der Waals surface area contributed by atoms with Crippen LogP contribution in [0.25, 0.3) is 0 Å². The highest BCUT2D eigenvalue weighted by Crippen LogP contribution is 2.25. The van der Waals surface area contributed by atoms with Crippen LogP contribution in [0.15, 0.2) is 0 Å². The van der Waals surface area contributed by atoms with Crippen LogP contribution in [0.1, 0.15) is 46.0 Å². The van der Waals surface area contributed by atoms with Gasteiger partial charge in [0.2, 0.25) is 5.91 Å². The molecular formula is C15H28N2O. The minimum Gasteiger partial charge on any atom is -0.342 e. The van der Waals surface area contributed by atoms with Gasteiger partial charge in [0, 0.05) is 19.6 Å². The Morgan fingerprint density at radius 1 is 1.28 bits per heavy atom. The predicted octanol–water partition coefficient (Wildman–Crippen LogP) is 2.27. The van der Waals surface area contributed by atoms with E-state index in [2.05, 4.69) is 24.1 Å². The van der Waals surface area contributed by atoms with Crippen molar-refractivity contribution in [2.24, 2.45) is 17.8 Å². The van der Waals surface area contributed by atoms with Crippen LogP contribution in [-0.2, 0) is 4.79 Å². The zero-order valence-corrected chi connectivity index (χ0v) is 12.0. The first-order chi connectivity index (χ1) is 8.70. The van der Waals surface area contributed by atoms with E-state index in [1.54, 1.807) is 0 Å². The molecule has 2 aliphatic heterocycles. The van der Waals surface area contributed by atoms with E-state index in [-0.39, 0.29) is 5.92 Å². The summed E-state index contributed by atoms with van der Waals surface area (Å²) >= 11 is 0. The number of hydrogen-bond donors (Lipinski definition) is 1. The van der Waals surface area contributed by atoms with Crippen LogP contribution in [0.4, 0.5) is 0 Å². The number of carbonyl (C=O) groups excluding carboxylic acids is 1. The molecule has 0 aliphatic carbocycles. The van der Waals surface area contributed by atoms with Gasteiger partial charge >= 0.3 is 0 Å². The maximum absolute atomic E-state index is 12.4. The van der Waals surface area contributed by atoms with E-state index < -0.39 is 0 Å². The molecular weight excluding hydrogens is 224 g/mol. The Bertz CT molecular complexity index is 272. The van der Waals surface area contributed by atoms with Crippen molar-refractivity contribution in [2.45, 2.75) is 46.0 Å². The fourth-order valence-corrected chi connectivity index (χ4v) is 3.45. The van der Waals surface area contributed by atoms with E-state index in [4.69, 9.17) is 0 Å². The van der Waals surface area contributed by atoms with Crippen LogP contribution in [-0.4, -0.2) is 37.0 Å². The second-order valence-corrected chi connectivity index (χ2v) is 6.25. The minimum atomic E-state index is 0.233. The number of nitrogens with zero attached hydrogens (tertiary/aromatic N) is 1. The number of piperidine rings is 2. The zero-order valence-electron chi connectivity index (χ0n) is 12.0. The number of carbonyl (C=O) groups is 1. The van der Waals surface area contributed by atoms with Gasteiger partial charge in [0.1, 0.15) is 0 Å². The fourth-order valence-electron chi connectivity index (χ4n) is 3.45. The summed E-state index contributed by atoms with van der Waals surface area (Å²) in [6.07, 6.45) is 6.12. The highest BCUT2D eigenvalue weighted by atomic mass is 16.2. The van der Waals surface area contributed by atoms with Gasteiger partial charge in [0.15, 0.2) is 0 Å². The molecule has 0 aromatic rings. The molecule has 2 unspecified atom stereocenters. The van der Waals surface area contributed by atoms with Crippen LogP contribution in [0.5, 0.6) is 0 Å². The van der Waals surface area contributed by atoms with Crippen LogP contribution in [0, 0.1) is 17.8 Å². The summed E-state index contributed by atoms with van der Waals surface area (Å²) in [5.41, 5.74) is 0. The second kappa shape index (κ2) is 6.55. The quantitative estimate of drug-likeness (QED) is 0.835. The Hall–Kier alpha value is -0.570. The summed E-state index contributed by atoms with van der Waals surface area (Å²) in [5, 5.41) is 3.39. The molecule has 2 rings (SSSR count). The Morgan fingerprint density at radius 3 is 2.61 bits per heavy atom. The largest absolute Gasteiger partial charge is 0.342 e. The lowest BCUT2D eigenvalue weighted by Gasteiger charge is -2.36. The molecule has 1 amide bonds. The highest BCUT2D eigenvalue weighted by molar-refractivity contribution is 5.79. The van der Waals surface area contributed by atoms with Gasteiger partial charge in [-0.1, -0.05) is 26.7 Å². The van der Waals surface area contributed by atoms with Crippen molar-refractivity contribution >= 4 is 5.91 Å². The summed E-state index contributed by atoms with van der Waals surface area (Å²) in [5.74, 6) is 2.15. The molecule has 3 nitrogen and oxygen atoms in total. The van der Waals surface area contributed by atoms with Gasteiger partial charge in [0.25, 0.3) is 0 Å². The monoisotopic (exact) mass is 252 g/mol. The summed E-state index contributed by atoms with van der Waals surface area (Å²) in [6, 6.07) is 0. The molecule has 2 aliphatic rings. The Morgan fingerprint density at radius 2 is 2.00 bits per heavy atom. The number of likely N-dealkylation sites (tertiary alicyclic amines) is 1. The Kier molecular flexibility index (Phi) is 5.04. The number of amides is 1. The lowest BCUT2D eigenvalue weighted by molar-refractivity contribution is -0.138. The van der Waals surface area contributed by atoms with E-state index in [9.17, 15) is 4.79 Å². The highest BCUT2D eigenvalue weighted by Gasteiger charge is 2.30. The molecule has 2 saturated heterocycles. The molecule has 18 heavy (non-hydrogen) atoms. The van der Waals surface area contributed by atoms with E-state index >= 15 is 0 Å². The molecule has 0 spiro atoms. The second-order valence-electron chi connectivity index (χ2n) is 6.25. The Balaban J connectivity index is 1.80. The molecule has 3 heteroatoms. The topological polar surface area (TPSA) is 32.3 Å². The average Bonchev–Trinajstić information content (AvgIpc) is 2.39. The van der Waals surface area contributed by atoms with Crippen LogP contribution >= 0.6 is 0 Å². The smallest absolute Gasteiger partial charge is 0.226 e. The summed E-state index contributed by atoms with van der Waals surface area (Å²) in [7, 11) is 0. The van der Waals surface area contributed by atoms with Gasteiger partial charge in [-0.25, -0.2) is 0 Å². The first-order valence-electron chi connectivity index (χ1n) is 7.70. The molecule has 1 N–H and O–H groups in total. The lowest BCUT2D eigenvalue weighted by Crippen LogP contribution is -2.47. The van der Waals surface area contributed by atoms with Crippen molar-refractivity contribution in [3.8, 4) is 0 Å². The summed E-state index contributed by atoms with van der Waals surface area (Å²) < 4.78 is 0. The van der Waals surface area contributed by atoms with E-state index in [0.29, 0.717) is 11.8 Å². The number of hydrogen-bond acceptors (Lipinski definition) is 2. The van der Waals surface area contributed by atoms with Gasteiger partial charge in [-0.2, -0.15) is 0 Å². The van der Waals surface area contributed by atoms with Gasteiger partial charge in [-0.15, -0.1) is 0 Å². The van der Waals surface area contributed by atoms with Gasteiger partial charge in [-0.05, 0) is 37.6 Å². The molecule has 0 aromatic carbocycles. The molecule has 0 bridgehead atoms. The van der Waals surface area contributed by atoms with Gasteiger partial charge in [-0.3, -0.25) is 4.79 Å². The zero-order chi connectivity index (χ0) is 13.0. The first-order valence-corrected chi connectivity index (χ1v) is 7.70. The van der Waals surface area contributed by atoms with Gasteiger partial charge < -0.3 is 10.2 Å². The number of nitrogens with one attached hydrogen (secondary N) is 1. The summed E-state index contributed by atoms with van der Waals surface area (Å²) in [6.45, 7) is 8.44. The maximum Gasteiger partial charge on any atom is 0.226 e. The molecule has 0 radical (unpaired) electrons. The third kappa shape index (κ3) is 3.47. The van der Waals surface area contributed by atoms with Crippen molar-refractivity contribution in [3.63, 3.8) is 0 Å². The van der Waals surface area contributed by atoms with Crippen LogP contribution in [0.2, 0.25) is 0 Å². The van der Waals surface area contributed by atoms with Crippen LogP contribution < -0.4 is 5.32 Å². The SMILES string of the molecule is CCCC1CCN(C(=O)C2CNCC(C)C2)CC1. The van der Waals surface area contributed by atoms with Crippen molar-refractivity contribution in [3.05, 3.63) is 0 Å². The molecule has 0 aromatic heterocycles. The normalized spacial score (nSPS) is 30.4. The van der Waals surface area contributed by atoms with E-state index in [1.807, 2.05) is 0 Å². The van der Waals surface area contributed by atoms with E-state index in [1.165, 1.54) is 25.7 Å². The van der Waals surface area contributed by atoms with Gasteiger partial charge in [0.05, 0.1) is 5.92 Å². The molecule has 2 fully saturated rings. The standard InChI is InChI=1S/C15H28N2O/c1-3-4-13-5-7-17(8-6-13)15(18)14-9-12(2)10-16-11-14/h12-14,16H,3-11H2,1-2H3. The predicted molar refractivity (Wildman–Crippen MR) is 74.4 cm³/mol. The molecule has 0 saturated carbocycles. The average molecular weight is 252 g/mol. The lowest BCUT2D eigenvalue weighted by atomic mass is 9.88. The summed E-state index contributed by atoms with van der Waals surface area (Å²) in [4.78, 5) is 14.6. The van der Waals surface area contributed by atoms with Crippen molar-refractivity contribution in [1.82, 2.24) is 10.2 Å². The minimum absolute atomic E-state index is 0.233. The third-order valence-corrected chi connectivity index (χ3v) is 4.54. The van der Waals surface area contributed by atoms with Crippen molar-refractivity contribution in [1.29, 1.82) is 0 Å². The molecule has 2 heterocycles. The van der Waals surface area contributed by atoms with Crippen molar-refractivity contribution < 1.29 is 4.79 Å². The van der Waals surface area contributed by atoms with Crippen LogP contribution in [0.3, 0.4) is 0 Å². The molecule has 2 atom stereocenters. The first kappa shape index (κ1) is 13.9. The third-order valence-electron chi connectivity index (χ3n) is 4.54. The number of rotatable bonds is 3. The fraction of sp³-hybridized carbons (Fsp3) is 0.933. The molecule has 104 valence electrons. The van der Waals surface area contributed by atoms with E-state index in [0.717, 1.165) is 38.5 Å². The Labute approximate surface area is 111 Å². The van der Waals surface area contributed by atoms with Crippen molar-refractivity contribution in [2.75, 3.05) is 26.2 Å². The maximum atomic E-state index is 12.4.